The van der Waals surface area contributed by atoms with Crippen molar-refractivity contribution in [1.29, 1.82) is 0 Å². The SMILES string of the molecule is [O-]C[N+]1(C(c2ccccc2)(c2ccccc2)c2ccccc2)N=NN=C1c1ccccc1. The average Bonchev–Trinajstić information content (AvgIpc) is 3.32. The highest BCUT2D eigenvalue weighted by Crippen LogP contribution is 2.49. The van der Waals surface area contributed by atoms with E-state index in [1.807, 2.05) is 121 Å². The van der Waals surface area contributed by atoms with E-state index in [0.29, 0.717) is 5.84 Å². The standard InChI is InChI=1S/C27H22N4O/c32-21-31(26(28-29-30-31)22-13-5-1-6-14-22)27(23-15-7-2-8-16-23,24-17-9-3-10-18-24)25-19-11-4-12-20-25/h1-20H,21H2. The molecule has 1 atom stereocenters. The predicted molar refractivity (Wildman–Crippen MR) is 122 cm³/mol. The zero-order valence-corrected chi connectivity index (χ0v) is 17.5. The van der Waals surface area contributed by atoms with E-state index in [0.717, 1.165) is 22.3 Å². The van der Waals surface area contributed by atoms with E-state index in [2.05, 4.69) is 15.5 Å². The minimum atomic E-state index is -0.986. The fraction of sp³-hybridized carbons (Fsp3) is 0.0741. The molecule has 32 heavy (non-hydrogen) atoms. The normalized spacial score (nSPS) is 17.8. The Kier molecular flexibility index (Phi) is 5.19. The van der Waals surface area contributed by atoms with E-state index >= 15 is 0 Å². The number of quaternary nitrogens is 1. The van der Waals surface area contributed by atoms with Gasteiger partial charge in [-0.05, 0) is 12.1 Å². The summed E-state index contributed by atoms with van der Waals surface area (Å²) in [6.07, 6.45) is 0. The molecular formula is C27H22N4O. The van der Waals surface area contributed by atoms with Gasteiger partial charge in [-0.1, -0.05) is 114 Å². The second kappa shape index (κ2) is 8.30. The van der Waals surface area contributed by atoms with Crippen molar-refractivity contribution in [2.24, 2.45) is 15.5 Å². The topological polar surface area (TPSA) is 60.1 Å². The molecule has 5 heteroatoms. The molecule has 0 fully saturated rings. The molecule has 1 heterocycles. The van der Waals surface area contributed by atoms with E-state index in [1.165, 1.54) is 0 Å². The van der Waals surface area contributed by atoms with Crippen LogP contribution in [-0.2, 0) is 5.54 Å². The minimum absolute atomic E-state index is 0.338. The molecule has 0 aromatic heterocycles. The maximum absolute atomic E-state index is 13.3. The summed E-state index contributed by atoms with van der Waals surface area (Å²) in [4.78, 5) is 0. The lowest BCUT2D eigenvalue weighted by atomic mass is 9.74. The van der Waals surface area contributed by atoms with Gasteiger partial charge in [-0.25, -0.2) is 0 Å². The van der Waals surface area contributed by atoms with Crippen molar-refractivity contribution in [2.75, 3.05) is 6.73 Å². The first-order chi connectivity index (χ1) is 15.8. The van der Waals surface area contributed by atoms with Gasteiger partial charge in [0.25, 0.3) is 5.84 Å². The van der Waals surface area contributed by atoms with Gasteiger partial charge >= 0.3 is 0 Å². The van der Waals surface area contributed by atoms with Crippen molar-refractivity contribution >= 4 is 5.84 Å². The van der Waals surface area contributed by atoms with Crippen molar-refractivity contribution in [3.63, 3.8) is 0 Å². The molecule has 0 spiro atoms. The van der Waals surface area contributed by atoms with E-state index < -0.39 is 12.3 Å². The summed E-state index contributed by atoms with van der Waals surface area (Å²) in [7, 11) is 0. The summed E-state index contributed by atoms with van der Waals surface area (Å²) in [5, 5.41) is 26.4. The molecule has 0 amide bonds. The van der Waals surface area contributed by atoms with Gasteiger partial charge in [-0.15, -0.1) is 4.59 Å². The molecule has 5 rings (SSSR count). The average molecular weight is 419 g/mol. The summed E-state index contributed by atoms with van der Waals surface area (Å²) >= 11 is 0. The molecule has 0 saturated carbocycles. The van der Waals surface area contributed by atoms with Gasteiger partial charge in [0.2, 0.25) is 5.54 Å². The maximum Gasteiger partial charge on any atom is 0.284 e. The molecule has 1 aliphatic rings. The quantitative estimate of drug-likeness (QED) is 0.326. The minimum Gasteiger partial charge on any atom is -0.807 e. The third-order valence-corrected chi connectivity index (χ3v) is 6.03. The molecule has 4 aromatic carbocycles. The number of hydrogen-bond donors (Lipinski definition) is 0. The smallest absolute Gasteiger partial charge is 0.284 e. The molecule has 0 N–H and O–H groups in total. The molecule has 0 aliphatic carbocycles. The first-order valence-electron chi connectivity index (χ1n) is 10.5. The lowest BCUT2D eigenvalue weighted by molar-refractivity contribution is -0.955. The zero-order valence-electron chi connectivity index (χ0n) is 17.5. The largest absolute Gasteiger partial charge is 0.807 e. The van der Waals surface area contributed by atoms with Crippen LogP contribution in [0.4, 0.5) is 0 Å². The Morgan fingerprint density at radius 2 is 1.00 bits per heavy atom. The zero-order chi connectivity index (χ0) is 21.9. The fourth-order valence-corrected chi connectivity index (χ4v) is 4.69. The predicted octanol–water partition coefficient (Wildman–Crippen LogP) is 4.86. The third-order valence-electron chi connectivity index (χ3n) is 6.03. The van der Waals surface area contributed by atoms with Crippen LogP contribution in [-0.4, -0.2) is 17.2 Å². The van der Waals surface area contributed by atoms with Crippen LogP contribution in [0.2, 0.25) is 0 Å². The van der Waals surface area contributed by atoms with Gasteiger partial charge in [0.1, 0.15) is 0 Å². The third kappa shape index (κ3) is 2.91. The number of amidine groups is 1. The second-order valence-electron chi connectivity index (χ2n) is 7.68. The van der Waals surface area contributed by atoms with Crippen LogP contribution < -0.4 is 5.11 Å². The van der Waals surface area contributed by atoms with Crippen LogP contribution in [0.5, 0.6) is 0 Å². The molecule has 5 nitrogen and oxygen atoms in total. The molecule has 1 unspecified atom stereocenters. The molecule has 4 aromatic rings. The van der Waals surface area contributed by atoms with Crippen molar-refractivity contribution in [3.8, 4) is 0 Å². The van der Waals surface area contributed by atoms with Crippen molar-refractivity contribution < 1.29 is 9.70 Å². The van der Waals surface area contributed by atoms with Crippen LogP contribution >= 0.6 is 0 Å². The summed E-state index contributed by atoms with van der Waals surface area (Å²) < 4.78 is -0.338. The first-order valence-corrected chi connectivity index (χ1v) is 10.5. The van der Waals surface area contributed by atoms with Gasteiger partial charge in [0, 0.05) is 28.6 Å². The van der Waals surface area contributed by atoms with Gasteiger partial charge in [0.15, 0.2) is 0 Å². The molecular weight excluding hydrogens is 396 g/mol. The Bertz CT molecular complexity index is 1150. The van der Waals surface area contributed by atoms with Crippen molar-refractivity contribution in [1.82, 2.24) is 0 Å². The first kappa shape index (κ1) is 20.0. The van der Waals surface area contributed by atoms with Gasteiger partial charge in [-0.2, -0.15) is 0 Å². The van der Waals surface area contributed by atoms with Gasteiger partial charge < -0.3 is 5.11 Å². The molecule has 156 valence electrons. The lowest BCUT2D eigenvalue weighted by Gasteiger charge is -2.48. The summed E-state index contributed by atoms with van der Waals surface area (Å²) in [5.41, 5.74) is 2.66. The Labute approximate surface area is 187 Å². The maximum atomic E-state index is 13.3. The fourth-order valence-electron chi connectivity index (χ4n) is 4.69. The Morgan fingerprint density at radius 3 is 1.41 bits per heavy atom. The van der Waals surface area contributed by atoms with Crippen molar-refractivity contribution in [3.05, 3.63) is 144 Å². The van der Waals surface area contributed by atoms with Crippen LogP contribution in [0, 0.1) is 0 Å². The number of rotatable bonds is 6. The summed E-state index contributed by atoms with van der Waals surface area (Å²) in [6, 6.07) is 39.9. The molecule has 0 radical (unpaired) electrons. The molecule has 1 aliphatic heterocycles. The highest BCUT2D eigenvalue weighted by molar-refractivity contribution is 5.94. The van der Waals surface area contributed by atoms with Crippen LogP contribution in [0.1, 0.15) is 22.3 Å². The monoisotopic (exact) mass is 418 g/mol. The van der Waals surface area contributed by atoms with E-state index in [9.17, 15) is 5.11 Å². The highest BCUT2D eigenvalue weighted by atomic mass is 16.3. The molecule has 0 bridgehead atoms. The van der Waals surface area contributed by atoms with Crippen molar-refractivity contribution in [2.45, 2.75) is 5.54 Å². The van der Waals surface area contributed by atoms with Gasteiger partial charge in [-0.3, -0.25) is 0 Å². The van der Waals surface area contributed by atoms with Crippen LogP contribution in [0.3, 0.4) is 0 Å². The summed E-state index contributed by atoms with van der Waals surface area (Å²) in [5.74, 6) is 0.525. The second-order valence-corrected chi connectivity index (χ2v) is 7.68. The summed E-state index contributed by atoms with van der Waals surface area (Å²) in [6.45, 7) is -0.574. The highest BCUT2D eigenvalue weighted by Gasteiger charge is 2.60. The van der Waals surface area contributed by atoms with Gasteiger partial charge in [0.05, 0.1) is 10.8 Å². The Balaban J connectivity index is 1.92. The Hall–Kier alpha value is -3.93. The van der Waals surface area contributed by atoms with E-state index in [1.54, 1.807) is 0 Å². The number of nitrogens with zero attached hydrogens (tertiary/aromatic N) is 4. The number of hydrogen-bond acceptors (Lipinski definition) is 4. The van der Waals surface area contributed by atoms with E-state index in [4.69, 9.17) is 0 Å². The lowest BCUT2D eigenvalue weighted by Crippen LogP contribution is -2.65. The van der Waals surface area contributed by atoms with Crippen LogP contribution in [0.15, 0.2) is 137 Å². The number of benzene rings is 4. The molecule has 0 saturated heterocycles. The Morgan fingerprint density at radius 1 is 0.594 bits per heavy atom. The van der Waals surface area contributed by atoms with E-state index in [-0.39, 0.29) is 4.59 Å². The van der Waals surface area contributed by atoms with Crippen LogP contribution in [0.25, 0.3) is 0 Å².